The second-order valence-corrected chi connectivity index (χ2v) is 4.06. The van der Waals surface area contributed by atoms with Gasteiger partial charge in [-0.05, 0) is 19.9 Å². The Morgan fingerprint density at radius 2 is 1.58 bits per heavy atom. The minimum Gasteiger partial charge on any atom is -0.355 e. The predicted molar refractivity (Wildman–Crippen MR) is 72.6 cm³/mol. The summed E-state index contributed by atoms with van der Waals surface area (Å²) < 4.78 is 0. The maximum absolute atomic E-state index is 11.6. The summed E-state index contributed by atoms with van der Waals surface area (Å²) >= 11 is 0. The number of carbonyl (C=O) groups is 3. The topological polar surface area (TPSA) is 90.5 Å². The molecule has 0 aromatic carbocycles. The molecule has 4 amide bonds. The average Bonchev–Trinajstić information content (AvgIpc) is 2.35. The van der Waals surface area contributed by atoms with Crippen LogP contribution in [-0.4, -0.2) is 55.5 Å². The van der Waals surface area contributed by atoms with Gasteiger partial charge < -0.3 is 10.6 Å². The summed E-state index contributed by atoms with van der Waals surface area (Å²) in [6, 6.07) is -0.499. The third-order valence-electron chi connectivity index (χ3n) is 2.34. The number of nitrogens with one attached hydrogen (secondary N) is 3. The van der Waals surface area contributed by atoms with Crippen LogP contribution >= 0.6 is 0 Å². The van der Waals surface area contributed by atoms with E-state index in [0.717, 1.165) is 6.42 Å². The van der Waals surface area contributed by atoms with Crippen LogP contribution in [0.25, 0.3) is 0 Å². The highest BCUT2D eigenvalue weighted by Crippen LogP contribution is 1.87. The van der Waals surface area contributed by atoms with Crippen molar-refractivity contribution >= 4 is 17.8 Å². The van der Waals surface area contributed by atoms with E-state index in [-0.39, 0.29) is 19.0 Å². The Bertz CT molecular complexity index is 307. The molecule has 7 nitrogen and oxygen atoms in total. The van der Waals surface area contributed by atoms with E-state index in [2.05, 4.69) is 16.0 Å². The molecule has 0 saturated carbocycles. The monoisotopic (exact) mass is 272 g/mol. The van der Waals surface area contributed by atoms with Gasteiger partial charge in [0.15, 0.2) is 0 Å². The first-order valence-electron chi connectivity index (χ1n) is 6.60. The molecule has 0 unspecified atom stereocenters. The van der Waals surface area contributed by atoms with Gasteiger partial charge in [0.2, 0.25) is 11.8 Å². The average molecular weight is 272 g/mol. The van der Waals surface area contributed by atoms with Gasteiger partial charge in [0, 0.05) is 13.1 Å². The lowest BCUT2D eigenvalue weighted by atomic mass is 10.4. The maximum Gasteiger partial charge on any atom is 0.321 e. The van der Waals surface area contributed by atoms with E-state index in [1.807, 2.05) is 20.8 Å². The van der Waals surface area contributed by atoms with Crippen molar-refractivity contribution in [3.8, 4) is 0 Å². The molecular formula is C12H24N4O3. The summed E-state index contributed by atoms with van der Waals surface area (Å²) in [4.78, 5) is 35.9. The van der Waals surface area contributed by atoms with Crippen molar-refractivity contribution in [1.82, 2.24) is 20.9 Å². The van der Waals surface area contributed by atoms with E-state index in [4.69, 9.17) is 0 Å². The molecule has 0 heterocycles. The van der Waals surface area contributed by atoms with Crippen LogP contribution in [0.2, 0.25) is 0 Å². The summed E-state index contributed by atoms with van der Waals surface area (Å²) in [5, 5.41) is 7.43. The normalized spacial score (nSPS) is 10.1. The molecule has 19 heavy (non-hydrogen) atoms. The predicted octanol–water partition coefficient (Wildman–Crippen LogP) is -0.320. The molecule has 0 radical (unpaired) electrons. The number of imide groups is 1. The summed E-state index contributed by atoms with van der Waals surface area (Å²) in [5.74, 6) is -0.549. The van der Waals surface area contributed by atoms with E-state index in [0.29, 0.717) is 19.6 Å². The van der Waals surface area contributed by atoms with Crippen molar-refractivity contribution in [2.24, 2.45) is 0 Å². The standard InChI is InChI=1S/C12H24N4O3/c1-4-7-14-12(19)15-11(18)9-16(6-3)8-10(17)13-5-2/h4-9H2,1-3H3,(H,13,17)(H2,14,15,18,19). The molecule has 0 bridgehead atoms. The molecular weight excluding hydrogens is 248 g/mol. The van der Waals surface area contributed by atoms with E-state index < -0.39 is 11.9 Å². The molecule has 0 aliphatic carbocycles. The quantitative estimate of drug-likeness (QED) is 0.565. The lowest BCUT2D eigenvalue weighted by Crippen LogP contribution is -2.46. The van der Waals surface area contributed by atoms with Gasteiger partial charge in [-0.25, -0.2) is 4.79 Å². The zero-order valence-electron chi connectivity index (χ0n) is 11.9. The Morgan fingerprint density at radius 3 is 2.11 bits per heavy atom. The fourth-order valence-corrected chi connectivity index (χ4v) is 1.39. The van der Waals surface area contributed by atoms with Crippen LogP contribution in [0.3, 0.4) is 0 Å². The highest BCUT2D eigenvalue weighted by atomic mass is 16.2. The number of urea groups is 1. The number of hydrogen-bond donors (Lipinski definition) is 3. The second kappa shape index (κ2) is 10.3. The number of carbonyl (C=O) groups excluding carboxylic acids is 3. The third kappa shape index (κ3) is 9.01. The number of nitrogens with zero attached hydrogens (tertiary/aromatic N) is 1. The number of rotatable bonds is 8. The molecule has 7 heteroatoms. The molecule has 0 aliphatic heterocycles. The van der Waals surface area contributed by atoms with Gasteiger partial charge in [-0.1, -0.05) is 13.8 Å². The van der Waals surface area contributed by atoms with Crippen molar-refractivity contribution < 1.29 is 14.4 Å². The fourth-order valence-electron chi connectivity index (χ4n) is 1.39. The van der Waals surface area contributed by atoms with Crippen molar-refractivity contribution in [3.05, 3.63) is 0 Å². The Hall–Kier alpha value is -1.63. The summed E-state index contributed by atoms with van der Waals surface area (Å²) in [5.41, 5.74) is 0. The van der Waals surface area contributed by atoms with Crippen LogP contribution < -0.4 is 16.0 Å². The largest absolute Gasteiger partial charge is 0.355 e. The van der Waals surface area contributed by atoms with E-state index in [9.17, 15) is 14.4 Å². The molecule has 0 aliphatic rings. The molecule has 0 aromatic heterocycles. The third-order valence-corrected chi connectivity index (χ3v) is 2.34. The lowest BCUT2D eigenvalue weighted by Gasteiger charge is -2.18. The van der Waals surface area contributed by atoms with Crippen LogP contribution in [0, 0.1) is 0 Å². The van der Waals surface area contributed by atoms with E-state index >= 15 is 0 Å². The van der Waals surface area contributed by atoms with Crippen LogP contribution in [0.15, 0.2) is 0 Å². The Kier molecular flexibility index (Phi) is 9.42. The molecule has 0 fully saturated rings. The fraction of sp³-hybridized carbons (Fsp3) is 0.750. The van der Waals surface area contributed by atoms with Crippen LogP contribution in [0.4, 0.5) is 4.79 Å². The first-order chi connectivity index (χ1) is 9.03. The molecule has 3 N–H and O–H groups in total. The molecule has 0 spiro atoms. The second-order valence-electron chi connectivity index (χ2n) is 4.06. The maximum atomic E-state index is 11.6. The van der Waals surface area contributed by atoms with Gasteiger partial charge in [0.05, 0.1) is 13.1 Å². The first-order valence-corrected chi connectivity index (χ1v) is 6.60. The molecule has 110 valence electrons. The van der Waals surface area contributed by atoms with Crippen molar-refractivity contribution in [2.75, 3.05) is 32.7 Å². The summed E-state index contributed by atoms with van der Waals surface area (Å²) in [6.45, 7) is 7.41. The van der Waals surface area contributed by atoms with Crippen molar-refractivity contribution in [1.29, 1.82) is 0 Å². The Morgan fingerprint density at radius 1 is 0.947 bits per heavy atom. The highest BCUT2D eigenvalue weighted by molar-refractivity contribution is 5.95. The van der Waals surface area contributed by atoms with Gasteiger partial charge in [0.25, 0.3) is 0 Å². The smallest absolute Gasteiger partial charge is 0.321 e. The van der Waals surface area contributed by atoms with E-state index in [1.54, 1.807) is 4.90 Å². The van der Waals surface area contributed by atoms with Crippen LogP contribution in [-0.2, 0) is 9.59 Å². The lowest BCUT2D eigenvalue weighted by molar-refractivity contribution is -0.124. The SMILES string of the molecule is CCCNC(=O)NC(=O)CN(CC)CC(=O)NCC. The number of amides is 4. The zero-order valence-corrected chi connectivity index (χ0v) is 11.9. The van der Waals surface area contributed by atoms with Gasteiger partial charge in [-0.3, -0.25) is 19.8 Å². The van der Waals surface area contributed by atoms with Gasteiger partial charge in [-0.15, -0.1) is 0 Å². The van der Waals surface area contributed by atoms with Gasteiger partial charge in [-0.2, -0.15) is 0 Å². The Balaban J connectivity index is 4.05. The zero-order chi connectivity index (χ0) is 14.7. The van der Waals surface area contributed by atoms with E-state index in [1.165, 1.54) is 0 Å². The molecule has 0 saturated heterocycles. The Labute approximate surface area is 114 Å². The minimum atomic E-state index is -0.499. The first kappa shape index (κ1) is 17.4. The summed E-state index contributed by atoms with van der Waals surface area (Å²) in [6.07, 6.45) is 0.805. The highest BCUT2D eigenvalue weighted by Gasteiger charge is 2.14. The van der Waals surface area contributed by atoms with Crippen molar-refractivity contribution in [2.45, 2.75) is 27.2 Å². The van der Waals surface area contributed by atoms with Crippen LogP contribution in [0.1, 0.15) is 27.2 Å². The van der Waals surface area contributed by atoms with Crippen molar-refractivity contribution in [3.63, 3.8) is 0 Å². The summed E-state index contributed by atoms with van der Waals surface area (Å²) in [7, 11) is 0. The number of likely N-dealkylation sites (N-methyl/N-ethyl adjacent to an activating group) is 2. The van der Waals surface area contributed by atoms with Gasteiger partial charge >= 0.3 is 6.03 Å². The van der Waals surface area contributed by atoms with Gasteiger partial charge in [0.1, 0.15) is 0 Å². The van der Waals surface area contributed by atoms with Crippen LogP contribution in [0.5, 0.6) is 0 Å². The molecule has 0 atom stereocenters. The molecule has 0 rings (SSSR count). The molecule has 0 aromatic rings. The number of hydrogen-bond acceptors (Lipinski definition) is 4. The minimum absolute atomic E-state index is 0.0210.